The number of rotatable bonds is 4. The van der Waals surface area contributed by atoms with E-state index in [0.717, 1.165) is 0 Å². The molecule has 0 aliphatic rings. The molecular weight excluding hydrogens is 178 g/mol. The molecule has 0 atom stereocenters. The van der Waals surface area contributed by atoms with E-state index in [1.54, 1.807) is 0 Å². The van der Waals surface area contributed by atoms with Gasteiger partial charge in [-0.05, 0) is 4.92 Å². The Morgan fingerprint density at radius 3 is 3.00 bits per heavy atom. The topological polar surface area (TPSA) is 87.3 Å². The third-order valence-electron chi connectivity index (χ3n) is 1.52. The molecule has 0 aromatic carbocycles. The van der Waals surface area contributed by atoms with Crippen molar-refractivity contribution in [2.45, 2.75) is 6.61 Å². The average Bonchev–Trinajstić information content (AvgIpc) is 2.43. The SMILES string of the molecule is Cn1c(COC=O)cnc1[N+](=O)[O-]. The summed E-state index contributed by atoms with van der Waals surface area (Å²) in [5.74, 6) is -0.274. The van der Waals surface area contributed by atoms with Crippen LogP contribution >= 0.6 is 0 Å². The molecule has 7 heteroatoms. The van der Waals surface area contributed by atoms with Gasteiger partial charge in [-0.15, -0.1) is 0 Å². The van der Waals surface area contributed by atoms with Crippen molar-refractivity contribution in [3.05, 3.63) is 22.0 Å². The number of carbonyl (C=O) groups is 1. The summed E-state index contributed by atoms with van der Waals surface area (Å²) in [4.78, 5) is 23.1. The van der Waals surface area contributed by atoms with Gasteiger partial charge in [-0.2, -0.15) is 0 Å². The van der Waals surface area contributed by atoms with Crippen molar-refractivity contribution < 1.29 is 14.5 Å². The lowest BCUT2D eigenvalue weighted by molar-refractivity contribution is -0.396. The summed E-state index contributed by atoms with van der Waals surface area (Å²) in [5, 5.41) is 10.3. The molecule has 0 spiro atoms. The van der Waals surface area contributed by atoms with Crippen LogP contribution in [0.25, 0.3) is 0 Å². The average molecular weight is 185 g/mol. The van der Waals surface area contributed by atoms with E-state index in [2.05, 4.69) is 9.72 Å². The van der Waals surface area contributed by atoms with Crippen LogP contribution in [-0.2, 0) is 23.2 Å². The molecule has 7 nitrogen and oxygen atoms in total. The first-order valence-corrected chi connectivity index (χ1v) is 3.37. The normalized spacial score (nSPS) is 9.62. The molecule has 70 valence electrons. The van der Waals surface area contributed by atoms with Crippen molar-refractivity contribution in [1.29, 1.82) is 0 Å². The van der Waals surface area contributed by atoms with E-state index in [4.69, 9.17) is 0 Å². The molecule has 0 amide bonds. The maximum Gasteiger partial charge on any atom is 0.434 e. The number of aromatic nitrogens is 2. The fourth-order valence-corrected chi connectivity index (χ4v) is 0.857. The molecule has 1 heterocycles. The van der Waals surface area contributed by atoms with Crippen molar-refractivity contribution in [1.82, 2.24) is 9.55 Å². The molecule has 0 unspecified atom stereocenters. The number of hydrogen-bond donors (Lipinski definition) is 0. The minimum Gasteiger partial charge on any atom is -0.460 e. The zero-order valence-electron chi connectivity index (χ0n) is 6.84. The van der Waals surface area contributed by atoms with Crippen LogP contribution in [0.5, 0.6) is 0 Å². The quantitative estimate of drug-likeness (QED) is 0.374. The first-order valence-electron chi connectivity index (χ1n) is 3.37. The maximum absolute atomic E-state index is 10.3. The lowest BCUT2D eigenvalue weighted by Gasteiger charge is -1.97. The largest absolute Gasteiger partial charge is 0.460 e. The van der Waals surface area contributed by atoms with Gasteiger partial charge in [0.1, 0.15) is 12.8 Å². The van der Waals surface area contributed by atoms with E-state index in [9.17, 15) is 14.9 Å². The number of nitro groups is 1. The summed E-state index contributed by atoms with van der Waals surface area (Å²) in [6.45, 7) is 0.264. The molecule has 1 aromatic heterocycles. The Bertz CT molecular complexity index is 333. The number of ether oxygens (including phenoxy) is 1. The molecule has 1 rings (SSSR count). The summed E-state index contributed by atoms with van der Waals surface area (Å²) >= 11 is 0. The van der Waals surface area contributed by atoms with Gasteiger partial charge in [0.05, 0.1) is 7.05 Å². The Morgan fingerprint density at radius 1 is 1.85 bits per heavy atom. The fourth-order valence-electron chi connectivity index (χ4n) is 0.857. The lowest BCUT2D eigenvalue weighted by Crippen LogP contribution is -2.03. The Morgan fingerprint density at radius 2 is 2.54 bits per heavy atom. The molecule has 0 saturated heterocycles. The molecule has 0 N–H and O–H groups in total. The van der Waals surface area contributed by atoms with E-state index in [0.29, 0.717) is 5.69 Å². The van der Waals surface area contributed by atoms with Crippen molar-refractivity contribution in [2.24, 2.45) is 7.05 Å². The van der Waals surface area contributed by atoms with Gasteiger partial charge in [0.25, 0.3) is 6.47 Å². The Labute approximate surface area is 73.1 Å². The number of imidazole rings is 1. The predicted molar refractivity (Wildman–Crippen MR) is 40.7 cm³/mol. The van der Waals surface area contributed by atoms with Gasteiger partial charge in [0, 0.05) is 0 Å². The van der Waals surface area contributed by atoms with Crippen LogP contribution in [0.4, 0.5) is 5.95 Å². The Kier molecular flexibility index (Phi) is 2.58. The van der Waals surface area contributed by atoms with Crippen LogP contribution in [0.3, 0.4) is 0 Å². The highest BCUT2D eigenvalue weighted by Gasteiger charge is 2.16. The third-order valence-corrected chi connectivity index (χ3v) is 1.52. The molecule has 13 heavy (non-hydrogen) atoms. The highest BCUT2D eigenvalue weighted by atomic mass is 16.6. The number of nitrogens with zero attached hydrogens (tertiary/aromatic N) is 3. The van der Waals surface area contributed by atoms with Gasteiger partial charge in [0.15, 0.2) is 5.69 Å². The molecule has 0 aliphatic heterocycles. The lowest BCUT2D eigenvalue weighted by atomic mass is 10.5. The zero-order valence-corrected chi connectivity index (χ0v) is 6.84. The van der Waals surface area contributed by atoms with E-state index in [1.165, 1.54) is 17.8 Å². The number of carbonyl (C=O) groups excluding carboxylic acids is 1. The van der Waals surface area contributed by atoms with Gasteiger partial charge in [-0.3, -0.25) is 4.79 Å². The summed E-state index contributed by atoms with van der Waals surface area (Å²) < 4.78 is 5.68. The van der Waals surface area contributed by atoms with Gasteiger partial charge in [0.2, 0.25) is 0 Å². The summed E-state index contributed by atoms with van der Waals surface area (Å²) in [7, 11) is 1.48. The van der Waals surface area contributed by atoms with Crippen molar-refractivity contribution in [3.8, 4) is 0 Å². The monoisotopic (exact) mass is 185 g/mol. The summed E-state index contributed by atoms with van der Waals surface area (Å²) in [5.41, 5.74) is 0.471. The van der Waals surface area contributed by atoms with Crippen molar-refractivity contribution in [3.63, 3.8) is 0 Å². The molecule has 0 saturated carbocycles. The van der Waals surface area contributed by atoms with Gasteiger partial charge >= 0.3 is 5.95 Å². The van der Waals surface area contributed by atoms with Crippen LogP contribution < -0.4 is 0 Å². The van der Waals surface area contributed by atoms with E-state index >= 15 is 0 Å². The van der Waals surface area contributed by atoms with Crippen molar-refractivity contribution in [2.75, 3.05) is 0 Å². The highest BCUT2D eigenvalue weighted by Crippen LogP contribution is 2.10. The van der Waals surface area contributed by atoms with Gasteiger partial charge in [-0.25, -0.2) is 4.57 Å². The smallest absolute Gasteiger partial charge is 0.434 e. The van der Waals surface area contributed by atoms with Gasteiger partial charge in [-0.1, -0.05) is 4.98 Å². The van der Waals surface area contributed by atoms with Crippen LogP contribution in [0.2, 0.25) is 0 Å². The minimum atomic E-state index is -0.607. The van der Waals surface area contributed by atoms with Gasteiger partial charge < -0.3 is 14.9 Å². The second kappa shape index (κ2) is 3.65. The summed E-state index contributed by atoms with van der Waals surface area (Å²) in [6, 6.07) is 0. The number of hydrogen-bond acceptors (Lipinski definition) is 5. The molecule has 0 aliphatic carbocycles. The van der Waals surface area contributed by atoms with E-state index in [-0.39, 0.29) is 19.0 Å². The van der Waals surface area contributed by atoms with Crippen LogP contribution in [0, 0.1) is 10.1 Å². The van der Waals surface area contributed by atoms with Crippen LogP contribution in [-0.4, -0.2) is 20.9 Å². The van der Waals surface area contributed by atoms with Crippen molar-refractivity contribution >= 4 is 12.4 Å². The highest BCUT2D eigenvalue weighted by molar-refractivity contribution is 5.37. The Balaban J connectivity index is 2.86. The van der Waals surface area contributed by atoms with E-state index in [1.807, 2.05) is 0 Å². The third kappa shape index (κ3) is 1.81. The first-order chi connectivity index (χ1) is 6.16. The van der Waals surface area contributed by atoms with Crippen LogP contribution in [0.15, 0.2) is 6.20 Å². The summed E-state index contributed by atoms with van der Waals surface area (Å²) in [6.07, 6.45) is 1.29. The molecule has 1 aromatic rings. The molecule has 0 radical (unpaired) electrons. The Hall–Kier alpha value is -1.92. The molecule has 0 fully saturated rings. The maximum atomic E-state index is 10.3. The molecular formula is C6H7N3O4. The zero-order chi connectivity index (χ0) is 9.84. The van der Waals surface area contributed by atoms with Crippen LogP contribution in [0.1, 0.15) is 5.69 Å². The predicted octanol–water partition coefficient (Wildman–Crippen LogP) is 0.00130. The minimum absolute atomic E-state index is 0.0131. The fraction of sp³-hybridized carbons (Fsp3) is 0.333. The first kappa shape index (κ1) is 9.17. The second-order valence-electron chi connectivity index (χ2n) is 2.27. The second-order valence-corrected chi connectivity index (χ2v) is 2.27. The van der Waals surface area contributed by atoms with E-state index < -0.39 is 4.92 Å². The standard InChI is InChI=1S/C6H7N3O4/c1-8-5(3-13-4-10)2-7-6(8)9(11)12/h2,4H,3H2,1H3. The molecule has 0 bridgehead atoms.